The third-order valence-corrected chi connectivity index (χ3v) is 2.90. The zero-order valence-electron chi connectivity index (χ0n) is 10.2. The summed E-state index contributed by atoms with van der Waals surface area (Å²) in [4.78, 5) is 0. The van der Waals surface area contributed by atoms with Crippen molar-refractivity contribution in [2.75, 3.05) is 6.54 Å². The van der Waals surface area contributed by atoms with Gasteiger partial charge in [0.25, 0.3) is 6.43 Å². The number of unbranched alkanes of at least 4 members (excludes halogenated alkanes) is 1. The Morgan fingerprint density at radius 1 is 1.13 bits per heavy atom. The topological polar surface area (TPSA) is 12.0 Å². The maximum absolute atomic E-state index is 12.6. The quantitative estimate of drug-likeness (QED) is 0.624. The third-order valence-electron chi connectivity index (χ3n) is 2.90. The van der Waals surface area contributed by atoms with Crippen LogP contribution in [0.2, 0.25) is 0 Å². The summed E-state index contributed by atoms with van der Waals surface area (Å²) in [6, 6.07) is -0.614. The van der Waals surface area contributed by atoms with Crippen molar-refractivity contribution in [3.05, 3.63) is 0 Å². The van der Waals surface area contributed by atoms with Gasteiger partial charge in [-0.05, 0) is 18.9 Å². The number of rotatable bonds is 9. The fraction of sp³-hybridized carbons (Fsp3) is 1.00. The molecule has 0 radical (unpaired) electrons. The second-order valence-electron chi connectivity index (χ2n) is 4.15. The molecule has 0 bridgehead atoms. The van der Waals surface area contributed by atoms with E-state index in [2.05, 4.69) is 19.2 Å². The van der Waals surface area contributed by atoms with Gasteiger partial charge in [0.15, 0.2) is 0 Å². The van der Waals surface area contributed by atoms with Crippen LogP contribution in [0.1, 0.15) is 52.9 Å². The minimum atomic E-state index is -2.24. The molecule has 1 nitrogen and oxygen atoms in total. The maximum Gasteiger partial charge on any atom is 0.253 e. The number of nitrogens with one attached hydrogen (secondary N) is 1. The normalized spacial score (nSPS) is 15.6. The lowest BCUT2D eigenvalue weighted by atomic mass is 9.92. The highest BCUT2D eigenvalue weighted by atomic mass is 19.3. The van der Waals surface area contributed by atoms with Gasteiger partial charge in [0.2, 0.25) is 0 Å². The largest absolute Gasteiger partial charge is 0.309 e. The van der Waals surface area contributed by atoms with Crippen LogP contribution in [0.5, 0.6) is 0 Å². The molecule has 0 fully saturated rings. The van der Waals surface area contributed by atoms with Crippen LogP contribution in [0.3, 0.4) is 0 Å². The summed E-state index contributed by atoms with van der Waals surface area (Å²) in [6.45, 7) is 6.73. The number of halogens is 2. The van der Waals surface area contributed by atoms with E-state index in [-0.39, 0.29) is 0 Å². The Kier molecular flexibility index (Phi) is 8.97. The highest BCUT2D eigenvalue weighted by Gasteiger charge is 2.22. The fourth-order valence-electron chi connectivity index (χ4n) is 1.88. The van der Waals surface area contributed by atoms with Gasteiger partial charge >= 0.3 is 0 Å². The summed E-state index contributed by atoms with van der Waals surface area (Å²) in [5, 5.41) is 2.87. The highest BCUT2D eigenvalue weighted by molar-refractivity contribution is 4.73. The average molecular weight is 221 g/mol. The first-order chi connectivity index (χ1) is 7.15. The molecule has 2 atom stereocenters. The molecule has 1 N–H and O–H groups in total. The van der Waals surface area contributed by atoms with Crippen molar-refractivity contribution >= 4 is 0 Å². The summed E-state index contributed by atoms with van der Waals surface area (Å²) < 4.78 is 25.3. The minimum Gasteiger partial charge on any atom is -0.309 e. The van der Waals surface area contributed by atoms with Gasteiger partial charge in [-0.2, -0.15) is 0 Å². The van der Waals surface area contributed by atoms with E-state index in [9.17, 15) is 8.78 Å². The summed E-state index contributed by atoms with van der Waals surface area (Å²) in [6.07, 6.45) is 2.77. The van der Waals surface area contributed by atoms with Gasteiger partial charge in [-0.25, -0.2) is 8.78 Å². The zero-order valence-corrected chi connectivity index (χ0v) is 10.2. The standard InChI is InChI=1S/C12H25F2N/c1-4-7-8-10(5-2)9-11(12(13)14)15-6-3/h10-12,15H,4-9H2,1-3H3. The summed E-state index contributed by atoms with van der Waals surface area (Å²) in [5.74, 6) is 0.447. The van der Waals surface area contributed by atoms with Crippen LogP contribution in [-0.4, -0.2) is 19.0 Å². The maximum atomic E-state index is 12.6. The zero-order chi connectivity index (χ0) is 11.7. The molecule has 0 spiro atoms. The average Bonchev–Trinajstić information content (AvgIpc) is 2.22. The SMILES string of the molecule is CCCCC(CC)CC(NCC)C(F)F. The number of hydrogen-bond donors (Lipinski definition) is 1. The molecule has 0 aromatic heterocycles. The van der Waals surface area contributed by atoms with E-state index in [1.54, 1.807) is 0 Å². The molecule has 92 valence electrons. The first-order valence-corrected chi connectivity index (χ1v) is 6.17. The van der Waals surface area contributed by atoms with Crippen molar-refractivity contribution in [2.45, 2.75) is 65.3 Å². The molecule has 15 heavy (non-hydrogen) atoms. The molecule has 2 unspecified atom stereocenters. The Hall–Kier alpha value is -0.180. The first-order valence-electron chi connectivity index (χ1n) is 6.17. The van der Waals surface area contributed by atoms with Gasteiger partial charge in [-0.3, -0.25) is 0 Å². The molecule has 0 aliphatic carbocycles. The second kappa shape index (κ2) is 9.08. The fourth-order valence-corrected chi connectivity index (χ4v) is 1.88. The molecule has 0 saturated heterocycles. The summed E-state index contributed by atoms with van der Waals surface area (Å²) >= 11 is 0. The van der Waals surface area contributed by atoms with E-state index in [1.807, 2.05) is 6.92 Å². The lowest BCUT2D eigenvalue weighted by Crippen LogP contribution is -2.37. The van der Waals surface area contributed by atoms with E-state index in [1.165, 1.54) is 0 Å². The van der Waals surface area contributed by atoms with Gasteiger partial charge in [0.05, 0.1) is 6.04 Å². The van der Waals surface area contributed by atoms with Gasteiger partial charge in [0, 0.05) is 0 Å². The van der Waals surface area contributed by atoms with Crippen molar-refractivity contribution < 1.29 is 8.78 Å². The van der Waals surface area contributed by atoms with Gasteiger partial charge in [0.1, 0.15) is 0 Å². The number of alkyl halides is 2. The lowest BCUT2D eigenvalue weighted by Gasteiger charge is -2.22. The van der Waals surface area contributed by atoms with Crippen molar-refractivity contribution in [3.8, 4) is 0 Å². The van der Waals surface area contributed by atoms with Gasteiger partial charge in [-0.15, -0.1) is 0 Å². The molecule has 0 rings (SSSR count). The van der Waals surface area contributed by atoms with Crippen molar-refractivity contribution in [1.29, 1.82) is 0 Å². The lowest BCUT2D eigenvalue weighted by molar-refractivity contribution is 0.0847. The molecule has 0 amide bonds. The van der Waals surface area contributed by atoms with Crippen LogP contribution >= 0.6 is 0 Å². The summed E-state index contributed by atoms with van der Waals surface area (Å²) in [7, 11) is 0. The van der Waals surface area contributed by atoms with Gasteiger partial charge < -0.3 is 5.32 Å². The predicted molar refractivity (Wildman–Crippen MR) is 61.4 cm³/mol. The second-order valence-corrected chi connectivity index (χ2v) is 4.15. The van der Waals surface area contributed by atoms with Crippen LogP contribution in [0.15, 0.2) is 0 Å². The third kappa shape index (κ3) is 6.82. The molecule has 0 aliphatic heterocycles. The Labute approximate surface area is 92.6 Å². The van der Waals surface area contributed by atoms with E-state index in [4.69, 9.17) is 0 Å². The summed E-state index contributed by atoms with van der Waals surface area (Å²) in [5.41, 5.74) is 0. The van der Waals surface area contributed by atoms with Crippen molar-refractivity contribution in [2.24, 2.45) is 5.92 Å². The number of hydrogen-bond acceptors (Lipinski definition) is 1. The monoisotopic (exact) mass is 221 g/mol. The van der Waals surface area contributed by atoms with E-state index in [0.717, 1.165) is 25.7 Å². The molecule has 0 heterocycles. The van der Waals surface area contributed by atoms with E-state index < -0.39 is 12.5 Å². The van der Waals surface area contributed by atoms with Crippen LogP contribution in [0.25, 0.3) is 0 Å². The molecular weight excluding hydrogens is 196 g/mol. The van der Waals surface area contributed by atoms with Gasteiger partial charge in [-0.1, -0.05) is 46.5 Å². The van der Waals surface area contributed by atoms with Crippen LogP contribution in [0.4, 0.5) is 8.78 Å². The predicted octanol–water partition coefficient (Wildman–Crippen LogP) is 3.84. The molecule has 0 aromatic carbocycles. The van der Waals surface area contributed by atoms with Crippen LogP contribution in [0, 0.1) is 5.92 Å². The molecule has 0 aliphatic rings. The van der Waals surface area contributed by atoms with Crippen molar-refractivity contribution in [3.63, 3.8) is 0 Å². The Balaban J connectivity index is 3.97. The molecule has 0 aromatic rings. The highest BCUT2D eigenvalue weighted by Crippen LogP contribution is 2.21. The molecule has 0 saturated carbocycles. The first kappa shape index (κ1) is 14.8. The van der Waals surface area contributed by atoms with Crippen molar-refractivity contribution in [1.82, 2.24) is 5.32 Å². The Bertz CT molecular complexity index is 140. The Morgan fingerprint density at radius 2 is 1.80 bits per heavy atom. The molecular formula is C12H25F2N. The molecule has 3 heteroatoms. The van der Waals surface area contributed by atoms with Crippen LogP contribution in [-0.2, 0) is 0 Å². The van der Waals surface area contributed by atoms with E-state index >= 15 is 0 Å². The minimum absolute atomic E-state index is 0.447. The van der Waals surface area contributed by atoms with Crippen LogP contribution < -0.4 is 5.32 Å². The Morgan fingerprint density at radius 3 is 2.20 bits per heavy atom. The smallest absolute Gasteiger partial charge is 0.253 e. The van der Waals surface area contributed by atoms with E-state index in [0.29, 0.717) is 18.9 Å².